The molecule has 0 aliphatic heterocycles. The molecule has 2 amide bonds. The zero-order valence-electron chi connectivity index (χ0n) is 14.2. The number of methoxy groups -OCH3 is 1. The number of nitrogens with one attached hydrogen (secondary N) is 2. The average Bonchev–Trinajstić information content (AvgIpc) is 2.98. The van der Waals surface area contributed by atoms with E-state index in [1.807, 2.05) is 31.2 Å². The predicted octanol–water partition coefficient (Wildman–Crippen LogP) is 3.36. The molecule has 0 aliphatic rings. The minimum absolute atomic E-state index is 0.230. The van der Waals surface area contributed by atoms with E-state index >= 15 is 0 Å². The Morgan fingerprint density at radius 3 is 2.52 bits per heavy atom. The average molecular weight is 338 g/mol. The number of carbonyl (C=O) groups excluding carboxylic acids is 2. The van der Waals surface area contributed by atoms with E-state index in [2.05, 4.69) is 10.6 Å². The lowest BCUT2D eigenvalue weighted by Gasteiger charge is -2.11. The number of aryl methyl sites for hydroxylation is 1. The molecule has 3 rings (SSSR count). The molecule has 0 atom stereocenters. The first-order valence-electron chi connectivity index (χ1n) is 7.74. The third kappa shape index (κ3) is 3.06. The molecule has 1 aromatic heterocycles. The Hall–Kier alpha value is -3.28. The zero-order valence-corrected chi connectivity index (χ0v) is 14.2. The van der Waals surface area contributed by atoms with Gasteiger partial charge in [-0.2, -0.15) is 0 Å². The molecule has 3 aromatic rings. The van der Waals surface area contributed by atoms with Crippen LogP contribution >= 0.6 is 0 Å². The lowest BCUT2D eigenvalue weighted by Crippen LogP contribution is -2.19. The second-order valence-electron chi connectivity index (χ2n) is 5.50. The summed E-state index contributed by atoms with van der Waals surface area (Å²) in [5.41, 5.74) is 2.22. The Labute approximate surface area is 144 Å². The van der Waals surface area contributed by atoms with Crippen LogP contribution in [0.1, 0.15) is 26.5 Å². The van der Waals surface area contributed by atoms with Gasteiger partial charge in [0.05, 0.1) is 12.8 Å². The number of furan rings is 1. The van der Waals surface area contributed by atoms with Gasteiger partial charge >= 0.3 is 0 Å². The van der Waals surface area contributed by atoms with Crippen molar-refractivity contribution in [3.8, 4) is 5.75 Å². The van der Waals surface area contributed by atoms with Crippen LogP contribution in [0.5, 0.6) is 5.75 Å². The van der Waals surface area contributed by atoms with Crippen LogP contribution in [0.2, 0.25) is 0 Å². The fourth-order valence-corrected chi connectivity index (χ4v) is 2.66. The minimum atomic E-state index is -0.402. The maximum atomic E-state index is 12.7. The van der Waals surface area contributed by atoms with Gasteiger partial charge in [0.15, 0.2) is 5.76 Å². The molecule has 6 heteroatoms. The van der Waals surface area contributed by atoms with Crippen molar-refractivity contribution in [3.05, 3.63) is 59.4 Å². The zero-order chi connectivity index (χ0) is 18.0. The molecule has 0 unspecified atom stereocenters. The number of para-hydroxylation sites is 1. The number of benzene rings is 2. The van der Waals surface area contributed by atoms with Gasteiger partial charge < -0.3 is 19.8 Å². The number of carbonyl (C=O) groups is 2. The fraction of sp³-hybridized carbons (Fsp3) is 0.158. The fourth-order valence-electron chi connectivity index (χ4n) is 2.66. The van der Waals surface area contributed by atoms with Crippen molar-refractivity contribution in [2.24, 2.45) is 0 Å². The molecule has 6 nitrogen and oxygen atoms in total. The van der Waals surface area contributed by atoms with Gasteiger partial charge in [-0.05, 0) is 31.2 Å². The molecule has 0 aliphatic carbocycles. The van der Waals surface area contributed by atoms with Crippen molar-refractivity contribution < 1.29 is 18.7 Å². The molecular formula is C19H18N2O4. The third-order valence-corrected chi connectivity index (χ3v) is 3.99. The van der Waals surface area contributed by atoms with Crippen molar-refractivity contribution in [1.82, 2.24) is 5.32 Å². The van der Waals surface area contributed by atoms with Crippen LogP contribution in [0.25, 0.3) is 11.0 Å². The summed E-state index contributed by atoms with van der Waals surface area (Å²) < 4.78 is 10.9. The largest absolute Gasteiger partial charge is 0.495 e. The van der Waals surface area contributed by atoms with Gasteiger partial charge in [0.1, 0.15) is 11.3 Å². The van der Waals surface area contributed by atoms with Gasteiger partial charge in [-0.15, -0.1) is 0 Å². The first-order chi connectivity index (χ1) is 12.0. The van der Waals surface area contributed by atoms with Crippen molar-refractivity contribution >= 4 is 28.5 Å². The highest BCUT2D eigenvalue weighted by atomic mass is 16.5. The van der Waals surface area contributed by atoms with Crippen LogP contribution in [0.4, 0.5) is 5.69 Å². The number of ether oxygens (including phenoxy) is 1. The molecule has 0 saturated heterocycles. The molecule has 2 aromatic carbocycles. The van der Waals surface area contributed by atoms with E-state index in [0.717, 1.165) is 10.9 Å². The summed E-state index contributed by atoms with van der Waals surface area (Å²) in [6.07, 6.45) is 0. The van der Waals surface area contributed by atoms with Gasteiger partial charge in [0.2, 0.25) is 0 Å². The quantitative estimate of drug-likeness (QED) is 0.764. The monoisotopic (exact) mass is 338 g/mol. The Bertz CT molecular complexity index is 959. The molecule has 0 fully saturated rings. The van der Waals surface area contributed by atoms with Crippen molar-refractivity contribution in [3.63, 3.8) is 0 Å². The number of anilines is 1. The lowest BCUT2D eigenvalue weighted by molar-refractivity contribution is 0.0960. The number of hydrogen-bond donors (Lipinski definition) is 2. The van der Waals surface area contributed by atoms with Crippen LogP contribution < -0.4 is 15.4 Å². The molecule has 1 heterocycles. The normalized spacial score (nSPS) is 10.5. The lowest BCUT2D eigenvalue weighted by atomic mass is 10.1. The Kier molecular flexibility index (Phi) is 4.43. The molecular weight excluding hydrogens is 320 g/mol. The standard InChI is InChI=1S/C19H18N2O4/c1-11-13-6-4-5-7-15(13)25-17(11)19(23)21-14-10-12(18(22)20-2)8-9-16(14)24-3/h4-10H,1-3H3,(H,20,22)(H,21,23). The summed E-state index contributed by atoms with van der Waals surface area (Å²) in [5.74, 6) is 0.0301. The van der Waals surface area contributed by atoms with Gasteiger partial charge in [-0.1, -0.05) is 18.2 Å². The Balaban J connectivity index is 1.96. The van der Waals surface area contributed by atoms with E-state index in [1.54, 1.807) is 25.2 Å². The topological polar surface area (TPSA) is 80.6 Å². The summed E-state index contributed by atoms with van der Waals surface area (Å²) in [6.45, 7) is 1.83. The van der Waals surface area contributed by atoms with Crippen LogP contribution in [-0.4, -0.2) is 26.0 Å². The molecule has 0 saturated carbocycles. The van der Waals surface area contributed by atoms with Gasteiger partial charge in [0, 0.05) is 23.6 Å². The second kappa shape index (κ2) is 6.68. The van der Waals surface area contributed by atoms with Crippen molar-refractivity contribution in [2.75, 3.05) is 19.5 Å². The highest BCUT2D eigenvalue weighted by Crippen LogP contribution is 2.29. The smallest absolute Gasteiger partial charge is 0.291 e. The minimum Gasteiger partial charge on any atom is -0.495 e. The summed E-state index contributed by atoms with van der Waals surface area (Å²) in [7, 11) is 3.04. The van der Waals surface area contributed by atoms with E-state index in [0.29, 0.717) is 22.6 Å². The summed E-state index contributed by atoms with van der Waals surface area (Å²) in [4.78, 5) is 24.5. The maximum Gasteiger partial charge on any atom is 0.291 e. The molecule has 25 heavy (non-hydrogen) atoms. The van der Waals surface area contributed by atoms with Crippen LogP contribution in [0.15, 0.2) is 46.9 Å². The Morgan fingerprint density at radius 2 is 1.84 bits per heavy atom. The first-order valence-corrected chi connectivity index (χ1v) is 7.74. The van der Waals surface area contributed by atoms with E-state index in [4.69, 9.17) is 9.15 Å². The number of hydrogen-bond acceptors (Lipinski definition) is 4. The maximum absolute atomic E-state index is 12.7. The van der Waals surface area contributed by atoms with E-state index in [1.165, 1.54) is 7.11 Å². The van der Waals surface area contributed by atoms with Crippen molar-refractivity contribution in [1.29, 1.82) is 0 Å². The van der Waals surface area contributed by atoms with Crippen LogP contribution in [0.3, 0.4) is 0 Å². The SMILES string of the molecule is CNC(=O)c1ccc(OC)c(NC(=O)c2oc3ccccc3c2C)c1. The highest BCUT2D eigenvalue weighted by molar-refractivity contribution is 6.07. The molecule has 2 N–H and O–H groups in total. The summed E-state index contributed by atoms with van der Waals surface area (Å²) in [5, 5.41) is 6.20. The summed E-state index contributed by atoms with van der Waals surface area (Å²) >= 11 is 0. The predicted molar refractivity (Wildman–Crippen MR) is 95.3 cm³/mol. The Morgan fingerprint density at radius 1 is 1.08 bits per heavy atom. The number of amides is 2. The van der Waals surface area contributed by atoms with Gasteiger partial charge in [-0.3, -0.25) is 9.59 Å². The summed E-state index contributed by atoms with van der Waals surface area (Å²) in [6, 6.07) is 12.3. The first kappa shape index (κ1) is 16.6. The van der Waals surface area contributed by atoms with Crippen LogP contribution in [0, 0.1) is 6.92 Å². The van der Waals surface area contributed by atoms with Gasteiger partial charge in [0.25, 0.3) is 11.8 Å². The van der Waals surface area contributed by atoms with Crippen molar-refractivity contribution in [2.45, 2.75) is 6.92 Å². The van der Waals surface area contributed by atoms with E-state index in [9.17, 15) is 9.59 Å². The number of rotatable bonds is 4. The van der Waals surface area contributed by atoms with E-state index in [-0.39, 0.29) is 11.7 Å². The highest BCUT2D eigenvalue weighted by Gasteiger charge is 2.19. The van der Waals surface area contributed by atoms with Gasteiger partial charge in [-0.25, -0.2) is 0 Å². The molecule has 0 radical (unpaired) electrons. The molecule has 128 valence electrons. The number of fused-ring (bicyclic) bond motifs is 1. The molecule has 0 bridgehead atoms. The third-order valence-electron chi connectivity index (χ3n) is 3.99. The van der Waals surface area contributed by atoms with E-state index < -0.39 is 5.91 Å². The second-order valence-corrected chi connectivity index (χ2v) is 5.50. The van der Waals surface area contributed by atoms with Crippen LogP contribution in [-0.2, 0) is 0 Å². The molecule has 0 spiro atoms.